The van der Waals surface area contributed by atoms with Gasteiger partial charge in [-0.1, -0.05) is 12.1 Å². The maximum Gasteiger partial charge on any atom is 0.410 e. The fraction of sp³-hybridized carbons (Fsp3) is 0.529. The van der Waals surface area contributed by atoms with Crippen LogP contribution >= 0.6 is 0 Å². The van der Waals surface area contributed by atoms with Crippen molar-refractivity contribution in [2.24, 2.45) is 0 Å². The number of oxazole rings is 1. The van der Waals surface area contributed by atoms with Crippen molar-refractivity contribution in [1.29, 1.82) is 0 Å². The Morgan fingerprint density at radius 1 is 1.42 bits per heavy atom. The highest BCUT2D eigenvalue weighted by atomic mass is 32.2. The van der Waals surface area contributed by atoms with Gasteiger partial charge in [-0.15, -0.1) is 0 Å². The minimum atomic E-state index is -1.39. The molecule has 2 heterocycles. The summed E-state index contributed by atoms with van der Waals surface area (Å²) >= 11 is 0. The van der Waals surface area contributed by atoms with E-state index in [-0.39, 0.29) is 17.4 Å². The number of amides is 1. The largest absolute Gasteiger partial charge is 0.444 e. The van der Waals surface area contributed by atoms with E-state index in [1.165, 1.54) is 0 Å². The summed E-state index contributed by atoms with van der Waals surface area (Å²) in [6.07, 6.45) is 1.35. The fourth-order valence-corrected chi connectivity index (χ4v) is 3.99. The molecule has 1 saturated heterocycles. The third-order valence-electron chi connectivity index (χ3n) is 3.82. The Labute approximate surface area is 143 Å². The van der Waals surface area contributed by atoms with Crippen LogP contribution in [0.5, 0.6) is 0 Å². The molecular formula is C17H22N2O4S. The molecule has 0 spiro atoms. The summed E-state index contributed by atoms with van der Waals surface area (Å²) < 4.78 is 23.6. The van der Waals surface area contributed by atoms with Gasteiger partial charge in [0.05, 0.1) is 5.75 Å². The highest BCUT2D eigenvalue weighted by Gasteiger charge is 2.34. The third-order valence-corrected chi connectivity index (χ3v) is 5.07. The second-order valence-electron chi connectivity index (χ2n) is 6.93. The average Bonchev–Trinajstić information content (AvgIpc) is 3.11. The summed E-state index contributed by atoms with van der Waals surface area (Å²) in [7, 11) is -1.39. The molecule has 1 aliphatic heterocycles. The predicted molar refractivity (Wildman–Crippen MR) is 91.2 cm³/mol. The van der Waals surface area contributed by atoms with Gasteiger partial charge in [0.15, 0.2) is 5.58 Å². The first kappa shape index (κ1) is 17.0. The van der Waals surface area contributed by atoms with Gasteiger partial charge in [-0.05, 0) is 45.7 Å². The number of aromatic nitrogens is 1. The van der Waals surface area contributed by atoms with Crippen LogP contribution in [0.4, 0.5) is 4.79 Å². The topological polar surface area (TPSA) is 72.6 Å². The molecule has 1 aromatic carbocycles. The van der Waals surface area contributed by atoms with E-state index in [1.807, 2.05) is 39.0 Å². The number of rotatable bonds is 3. The minimum Gasteiger partial charge on any atom is -0.444 e. The summed E-state index contributed by atoms with van der Waals surface area (Å²) in [5.41, 5.74) is 0.775. The van der Waals surface area contributed by atoms with Crippen molar-refractivity contribution >= 4 is 28.0 Å². The molecule has 130 valence electrons. The molecule has 2 unspecified atom stereocenters. The molecule has 2 aromatic rings. The van der Waals surface area contributed by atoms with Crippen molar-refractivity contribution in [2.75, 3.05) is 12.3 Å². The molecule has 0 bridgehead atoms. The lowest BCUT2D eigenvalue weighted by molar-refractivity contribution is 0.0241. The number of carbonyl (C=O) groups excluding carboxylic acids is 1. The molecule has 1 aromatic heterocycles. The maximum atomic E-state index is 12.6. The summed E-state index contributed by atoms with van der Waals surface area (Å²) in [4.78, 5) is 18.3. The van der Waals surface area contributed by atoms with E-state index >= 15 is 0 Å². The SMILES string of the molecule is CC(C)(C)OC(=O)N1CCCC1CS(=O)c1nc2ccccc2o1. The number of para-hydroxylation sites is 2. The van der Waals surface area contributed by atoms with E-state index in [9.17, 15) is 9.00 Å². The Kier molecular flexibility index (Phi) is 4.62. The number of nitrogens with zero attached hydrogens (tertiary/aromatic N) is 2. The van der Waals surface area contributed by atoms with Crippen LogP contribution in [0, 0.1) is 0 Å². The number of likely N-dealkylation sites (tertiary alicyclic amines) is 1. The number of carbonyl (C=O) groups is 1. The van der Waals surface area contributed by atoms with Gasteiger partial charge in [-0.2, -0.15) is 0 Å². The zero-order valence-corrected chi connectivity index (χ0v) is 15.0. The molecule has 0 saturated carbocycles. The van der Waals surface area contributed by atoms with Crippen LogP contribution in [-0.2, 0) is 15.5 Å². The van der Waals surface area contributed by atoms with Crippen molar-refractivity contribution in [1.82, 2.24) is 9.88 Å². The molecule has 7 heteroatoms. The van der Waals surface area contributed by atoms with E-state index < -0.39 is 16.4 Å². The van der Waals surface area contributed by atoms with Gasteiger partial charge in [0.25, 0.3) is 5.22 Å². The Balaban J connectivity index is 1.69. The van der Waals surface area contributed by atoms with Crippen molar-refractivity contribution in [2.45, 2.75) is 50.5 Å². The first-order valence-corrected chi connectivity index (χ1v) is 9.39. The monoisotopic (exact) mass is 350 g/mol. The molecule has 0 radical (unpaired) electrons. The van der Waals surface area contributed by atoms with E-state index in [2.05, 4.69) is 4.98 Å². The molecule has 2 atom stereocenters. The molecule has 0 N–H and O–H groups in total. The van der Waals surface area contributed by atoms with Gasteiger partial charge in [-0.3, -0.25) is 0 Å². The highest BCUT2D eigenvalue weighted by molar-refractivity contribution is 7.84. The molecule has 6 nitrogen and oxygen atoms in total. The zero-order chi connectivity index (χ0) is 17.3. The van der Waals surface area contributed by atoms with Gasteiger partial charge in [0.2, 0.25) is 0 Å². The summed E-state index contributed by atoms with van der Waals surface area (Å²) in [6, 6.07) is 7.21. The lowest BCUT2D eigenvalue weighted by Crippen LogP contribution is -2.42. The number of hydrogen-bond donors (Lipinski definition) is 0. The summed E-state index contributed by atoms with van der Waals surface area (Å²) in [6.45, 7) is 6.15. The first-order valence-electron chi connectivity index (χ1n) is 8.07. The maximum absolute atomic E-state index is 12.6. The number of hydrogen-bond acceptors (Lipinski definition) is 5. The quantitative estimate of drug-likeness (QED) is 0.849. The standard InChI is InChI=1S/C17H22N2O4S/c1-17(2,3)23-16(20)19-10-6-7-12(19)11-24(21)15-18-13-8-4-5-9-14(13)22-15/h4-5,8-9,12H,6-7,10-11H2,1-3H3. The van der Waals surface area contributed by atoms with Gasteiger partial charge in [-0.25, -0.2) is 14.0 Å². The molecule has 0 aliphatic carbocycles. The first-order chi connectivity index (χ1) is 11.3. The Hall–Kier alpha value is -1.89. The number of benzene rings is 1. The van der Waals surface area contributed by atoms with Crippen LogP contribution in [0.25, 0.3) is 11.1 Å². The van der Waals surface area contributed by atoms with Gasteiger partial charge >= 0.3 is 6.09 Å². The summed E-state index contributed by atoms with van der Waals surface area (Å²) in [5, 5.41) is 0.215. The van der Waals surface area contributed by atoms with Crippen LogP contribution in [0.2, 0.25) is 0 Å². The molecule has 24 heavy (non-hydrogen) atoms. The summed E-state index contributed by atoms with van der Waals surface area (Å²) in [5.74, 6) is 0.312. The molecule has 3 rings (SSSR count). The molecular weight excluding hydrogens is 328 g/mol. The third kappa shape index (κ3) is 3.77. The lowest BCUT2D eigenvalue weighted by atomic mass is 10.2. The van der Waals surface area contributed by atoms with E-state index in [4.69, 9.17) is 9.15 Å². The van der Waals surface area contributed by atoms with E-state index in [0.29, 0.717) is 23.4 Å². The van der Waals surface area contributed by atoms with Gasteiger partial charge < -0.3 is 14.1 Å². The van der Waals surface area contributed by atoms with Crippen LogP contribution in [-0.4, -0.2) is 44.1 Å². The fourth-order valence-electron chi connectivity index (χ4n) is 2.76. The predicted octanol–water partition coefficient (Wildman–Crippen LogP) is 3.33. The Morgan fingerprint density at radius 3 is 2.88 bits per heavy atom. The highest BCUT2D eigenvalue weighted by Crippen LogP contribution is 2.24. The van der Waals surface area contributed by atoms with Gasteiger partial charge in [0.1, 0.15) is 21.9 Å². The molecule has 1 fully saturated rings. The smallest absolute Gasteiger partial charge is 0.410 e. The normalized spacial score (nSPS) is 19.6. The lowest BCUT2D eigenvalue weighted by Gasteiger charge is -2.28. The van der Waals surface area contributed by atoms with Crippen LogP contribution < -0.4 is 0 Å². The van der Waals surface area contributed by atoms with Crippen molar-refractivity contribution in [3.8, 4) is 0 Å². The average molecular weight is 350 g/mol. The zero-order valence-electron chi connectivity index (χ0n) is 14.2. The van der Waals surface area contributed by atoms with E-state index in [1.54, 1.807) is 11.0 Å². The second kappa shape index (κ2) is 6.55. The minimum absolute atomic E-state index is 0.115. The van der Waals surface area contributed by atoms with Crippen LogP contribution in [0.1, 0.15) is 33.6 Å². The van der Waals surface area contributed by atoms with Crippen LogP contribution in [0.3, 0.4) is 0 Å². The van der Waals surface area contributed by atoms with Crippen molar-refractivity contribution < 1.29 is 18.2 Å². The Bertz CT molecular complexity index is 732. The van der Waals surface area contributed by atoms with Crippen LogP contribution in [0.15, 0.2) is 33.9 Å². The number of fused-ring (bicyclic) bond motifs is 1. The van der Waals surface area contributed by atoms with Crippen molar-refractivity contribution in [3.05, 3.63) is 24.3 Å². The number of ether oxygens (including phenoxy) is 1. The van der Waals surface area contributed by atoms with Crippen molar-refractivity contribution in [3.63, 3.8) is 0 Å². The Morgan fingerprint density at radius 2 is 2.17 bits per heavy atom. The molecule has 1 aliphatic rings. The van der Waals surface area contributed by atoms with Gasteiger partial charge in [0, 0.05) is 12.6 Å². The second-order valence-corrected chi connectivity index (χ2v) is 8.30. The molecule has 1 amide bonds. The van der Waals surface area contributed by atoms with E-state index in [0.717, 1.165) is 12.8 Å².